The predicted molar refractivity (Wildman–Crippen MR) is 87.3 cm³/mol. The maximum atomic E-state index is 12.0. The lowest BCUT2D eigenvalue weighted by Crippen LogP contribution is -2.39. The highest BCUT2D eigenvalue weighted by Gasteiger charge is 2.29. The molecule has 0 unspecified atom stereocenters. The molecule has 132 valence electrons. The normalized spacial score (nSPS) is 20.1. The van der Waals surface area contributed by atoms with Gasteiger partial charge in [-0.25, -0.2) is 13.2 Å². The van der Waals surface area contributed by atoms with Crippen molar-refractivity contribution in [2.24, 2.45) is 0 Å². The molecule has 1 aliphatic rings. The molecule has 1 aromatic rings. The lowest BCUT2D eigenvalue weighted by atomic mass is 10.2. The van der Waals surface area contributed by atoms with Gasteiger partial charge in [0.25, 0.3) is 5.91 Å². The van der Waals surface area contributed by atoms with Crippen LogP contribution in [0.5, 0.6) is 5.75 Å². The van der Waals surface area contributed by atoms with Crippen molar-refractivity contribution in [2.75, 3.05) is 18.1 Å². The Morgan fingerprint density at radius 2 is 2.00 bits per heavy atom. The molecule has 1 amide bonds. The molecule has 8 heteroatoms. The Morgan fingerprint density at radius 1 is 1.29 bits per heavy atom. The van der Waals surface area contributed by atoms with Gasteiger partial charge in [0.05, 0.1) is 11.5 Å². The van der Waals surface area contributed by atoms with Gasteiger partial charge in [-0.2, -0.15) is 0 Å². The number of benzene rings is 1. The molecule has 1 aliphatic heterocycles. The number of esters is 1. The van der Waals surface area contributed by atoms with Gasteiger partial charge in [-0.3, -0.25) is 4.79 Å². The zero-order chi connectivity index (χ0) is 17.6. The van der Waals surface area contributed by atoms with Crippen molar-refractivity contribution in [3.63, 3.8) is 0 Å². The van der Waals surface area contributed by atoms with E-state index in [1.54, 1.807) is 31.2 Å². The number of rotatable bonds is 7. The molecule has 1 N–H and O–H groups in total. The number of hydrogen-bond acceptors (Lipinski definition) is 6. The van der Waals surface area contributed by atoms with Gasteiger partial charge in [0, 0.05) is 6.04 Å². The summed E-state index contributed by atoms with van der Waals surface area (Å²) in [5, 5.41) is 2.56. The van der Waals surface area contributed by atoms with E-state index in [1.165, 1.54) is 0 Å². The molecular weight excluding hydrogens is 334 g/mol. The Labute approximate surface area is 141 Å². The van der Waals surface area contributed by atoms with Gasteiger partial charge in [0.2, 0.25) is 0 Å². The summed E-state index contributed by atoms with van der Waals surface area (Å²) in [6, 6.07) is 8.45. The van der Waals surface area contributed by atoms with Crippen molar-refractivity contribution in [3.8, 4) is 5.75 Å². The minimum absolute atomic E-state index is 0.0681. The number of carbonyl (C=O) groups excluding carboxylic acids is 2. The summed E-state index contributed by atoms with van der Waals surface area (Å²) < 4.78 is 33.2. The number of nitrogens with one attached hydrogen (secondary N) is 1. The van der Waals surface area contributed by atoms with E-state index in [0.29, 0.717) is 18.6 Å². The minimum Gasteiger partial charge on any atom is -0.479 e. The summed E-state index contributed by atoms with van der Waals surface area (Å²) >= 11 is 0. The first-order valence-corrected chi connectivity index (χ1v) is 9.60. The van der Waals surface area contributed by atoms with Crippen molar-refractivity contribution in [2.45, 2.75) is 31.9 Å². The van der Waals surface area contributed by atoms with Crippen molar-refractivity contribution < 1.29 is 27.5 Å². The van der Waals surface area contributed by atoms with Gasteiger partial charge in [0.15, 0.2) is 22.5 Å². The zero-order valence-electron chi connectivity index (χ0n) is 13.4. The fourth-order valence-electron chi connectivity index (χ4n) is 2.37. The highest BCUT2D eigenvalue weighted by Crippen LogP contribution is 2.14. The Morgan fingerprint density at radius 3 is 2.58 bits per heavy atom. The molecule has 1 heterocycles. The van der Waals surface area contributed by atoms with Crippen molar-refractivity contribution >= 4 is 21.7 Å². The molecular formula is C16H21NO6S. The fourth-order valence-corrected chi connectivity index (χ4v) is 4.04. The number of para-hydroxylation sites is 1. The summed E-state index contributed by atoms with van der Waals surface area (Å²) in [5.74, 6) is -0.598. The molecule has 7 nitrogen and oxygen atoms in total. The lowest BCUT2D eigenvalue weighted by Gasteiger charge is -2.17. The molecule has 2 atom stereocenters. The van der Waals surface area contributed by atoms with Gasteiger partial charge < -0.3 is 14.8 Å². The summed E-state index contributed by atoms with van der Waals surface area (Å²) in [6.07, 6.45) is -0.0144. The third-order valence-electron chi connectivity index (χ3n) is 3.60. The molecule has 0 saturated carbocycles. The Balaban J connectivity index is 1.77. The Bertz CT molecular complexity index is 673. The summed E-state index contributed by atoms with van der Waals surface area (Å²) in [7, 11) is -3.07. The zero-order valence-corrected chi connectivity index (χ0v) is 14.3. The first-order chi connectivity index (χ1) is 11.4. The fraction of sp³-hybridized carbons (Fsp3) is 0.500. The quantitative estimate of drug-likeness (QED) is 0.723. The summed E-state index contributed by atoms with van der Waals surface area (Å²) in [4.78, 5) is 23.8. The van der Waals surface area contributed by atoms with Gasteiger partial charge in [-0.15, -0.1) is 0 Å². The van der Waals surface area contributed by atoms with E-state index in [2.05, 4.69) is 5.32 Å². The predicted octanol–water partition coefficient (Wildman–Crippen LogP) is 0.691. The van der Waals surface area contributed by atoms with Gasteiger partial charge in [-0.1, -0.05) is 25.1 Å². The maximum absolute atomic E-state index is 12.0. The molecule has 0 aliphatic carbocycles. The van der Waals surface area contributed by atoms with Crippen molar-refractivity contribution in [3.05, 3.63) is 30.3 Å². The van der Waals surface area contributed by atoms with Crippen LogP contribution in [0.2, 0.25) is 0 Å². The van der Waals surface area contributed by atoms with Crippen LogP contribution in [0.15, 0.2) is 30.3 Å². The van der Waals surface area contributed by atoms with Gasteiger partial charge in [-0.05, 0) is 25.0 Å². The number of amides is 1. The van der Waals surface area contributed by atoms with Gasteiger partial charge >= 0.3 is 5.97 Å². The highest BCUT2D eigenvalue weighted by atomic mass is 32.2. The van der Waals surface area contributed by atoms with Gasteiger partial charge in [0.1, 0.15) is 5.75 Å². The van der Waals surface area contributed by atoms with Crippen LogP contribution in [0, 0.1) is 0 Å². The first-order valence-electron chi connectivity index (χ1n) is 7.77. The SMILES string of the molecule is CC[C@@H](Oc1ccccc1)C(=O)OCC(=O)N[C@H]1CCS(=O)(=O)C1. The number of hydrogen-bond donors (Lipinski definition) is 1. The van der Waals surface area contributed by atoms with E-state index < -0.39 is 40.5 Å². The second-order valence-corrected chi connectivity index (χ2v) is 7.83. The second-order valence-electron chi connectivity index (χ2n) is 5.60. The molecule has 1 aromatic carbocycles. The van der Waals surface area contributed by atoms with Crippen LogP contribution in [0.4, 0.5) is 0 Å². The molecule has 1 saturated heterocycles. The largest absolute Gasteiger partial charge is 0.479 e. The van der Waals surface area contributed by atoms with E-state index >= 15 is 0 Å². The minimum atomic E-state index is -3.07. The standard InChI is InChI=1S/C16H21NO6S/c1-2-14(23-13-6-4-3-5-7-13)16(19)22-10-15(18)17-12-8-9-24(20,21)11-12/h3-7,12,14H,2,8-11H2,1H3,(H,17,18)/t12-,14+/m0/s1. The van der Waals surface area contributed by atoms with Crippen LogP contribution in [-0.2, 0) is 24.2 Å². The Kier molecular flexibility index (Phi) is 6.19. The molecule has 0 bridgehead atoms. The monoisotopic (exact) mass is 355 g/mol. The molecule has 0 aromatic heterocycles. The average Bonchev–Trinajstić information content (AvgIpc) is 2.90. The third-order valence-corrected chi connectivity index (χ3v) is 5.37. The van der Waals surface area contributed by atoms with E-state index in [-0.39, 0.29) is 11.5 Å². The van der Waals surface area contributed by atoms with Crippen LogP contribution in [0.1, 0.15) is 19.8 Å². The van der Waals surface area contributed by atoms with Crippen LogP contribution in [0.3, 0.4) is 0 Å². The lowest BCUT2D eigenvalue weighted by molar-refractivity contribution is -0.155. The molecule has 24 heavy (non-hydrogen) atoms. The summed E-state index contributed by atoms with van der Waals surface area (Å²) in [6.45, 7) is 1.32. The first kappa shape index (κ1) is 18.3. The molecule has 0 radical (unpaired) electrons. The molecule has 2 rings (SSSR count). The van der Waals surface area contributed by atoms with Crippen LogP contribution in [0.25, 0.3) is 0 Å². The highest BCUT2D eigenvalue weighted by molar-refractivity contribution is 7.91. The van der Waals surface area contributed by atoms with Crippen molar-refractivity contribution in [1.29, 1.82) is 0 Å². The Hall–Kier alpha value is -2.09. The average molecular weight is 355 g/mol. The smallest absolute Gasteiger partial charge is 0.347 e. The van der Waals surface area contributed by atoms with E-state index in [9.17, 15) is 18.0 Å². The van der Waals surface area contributed by atoms with E-state index in [0.717, 1.165) is 0 Å². The summed E-state index contributed by atoms with van der Waals surface area (Å²) in [5.41, 5.74) is 0. The van der Waals surface area contributed by atoms with E-state index in [1.807, 2.05) is 6.07 Å². The number of carbonyl (C=O) groups is 2. The molecule has 0 spiro atoms. The molecule has 1 fully saturated rings. The topological polar surface area (TPSA) is 98.8 Å². The van der Waals surface area contributed by atoms with Crippen LogP contribution in [-0.4, -0.2) is 50.6 Å². The van der Waals surface area contributed by atoms with E-state index in [4.69, 9.17) is 9.47 Å². The third kappa shape index (κ3) is 5.52. The van der Waals surface area contributed by atoms with Crippen LogP contribution < -0.4 is 10.1 Å². The second kappa shape index (κ2) is 8.14. The maximum Gasteiger partial charge on any atom is 0.347 e. The van der Waals surface area contributed by atoms with Crippen LogP contribution >= 0.6 is 0 Å². The number of sulfone groups is 1. The van der Waals surface area contributed by atoms with Crippen molar-refractivity contribution in [1.82, 2.24) is 5.32 Å². The number of ether oxygens (including phenoxy) is 2.